The molecule has 0 atom stereocenters. The second-order valence-electron chi connectivity index (χ2n) is 13.2. The molecule has 0 fully saturated rings. The summed E-state index contributed by atoms with van der Waals surface area (Å²) in [5, 5.41) is 29.5. The topological polar surface area (TPSA) is 232 Å². The average molecular weight is 933 g/mol. The lowest BCUT2D eigenvalue weighted by Gasteiger charge is -2.11. The number of carboxylic acids is 3. The third-order valence-electron chi connectivity index (χ3n) is 9.16. The zero-order chi connectivity index (χ0) is 49.0. The fraction of sp³-hybridized carbons (Fsp3) is 0.120. The standard InChI is InChI=1S/C18H16O5.C16H14O6.C16H14O5S/c1-22-16-11-17(23-2)14(18(20)21)10-13(16)15(19)9-8-12-6-4-3-5-7-12;2*1-20-14-9-15(21-2)12(16(18)19)8-11(14)13(17)6-5-10-4-3-7-22-10/h3-11H,1-2H3,(H,20,21);2*3-9H,1-2H3,(H,18,19). The van der Waals surface area contributed by atoms with Crippen molar-refractivity contribution in [3.8, 4) is 34.5 Å². The van der Waals surface area contributed by atoms with E-state index in [4.69, 9.17) is 32.8 Å². The number of carbonyl (C=O) groups is 6. The van der Waals surface area contributed by atoms with Crippen LogP contribution in [0.4, 0.5) is 0 Å². The normalized spacial score (nSPS) is 10.6. The average Bonchev–Trinajstić information content (AvgIpc) is 4.09. The number of benzene rings is 4. The zero-order valence-corrected chi connectivity index (χ0v) is 37.7. The molecule has 346 valence electrons. The number of hydrogen-bond acceptors (Lipinski definition) is 14. The third-order valence-corrected chi connectivity index (χ3v) is 10.0. The summed E-state index contributed by atoms with van der Waals surface area (Å²) in [7, 11) is 8.28. The molecule has 0 spiro atoms. The number of hydrogen-bond donors (Lipinski definition) is 3. The lowest BCUT2D eigenvalue weighted by atomic mass is 10.0. The highest BCUT2D eigenvalue weighted by molar-refractivity contribution is 7.10. The molecular weight excluding hydrogens is 889 g/mol. The van der Waals surface area contributed by atoms with Crippen LogP contribution in [0.25, 0.3) is 18.2 Å². The van der Waals surface area contributed by atoms with E-state index in [-0.39, 0.29) is 79.4 Å². The molecule has 16 nitrogen and oxygen atoms in total. The lowest BCUT2D eigenvalue weighted by molar-refractivity contribution is 0.0682. The Kier molecular flexibility index (Phi) is 19.0. The minimum atomic E-state index is -1.19. The van der Waals surface area contributed by atoms with Gasteiger partial charge in [0.05, 0.1) is 65.6 Å². The van der Waals surface area contributed by atoms with Crippen LogP contribution in [0.3, 0.4) is 0 Å². The zero-order valence-electron chi connectivity index (χ0n) is 36.8. The van der Waals surface area contributed by atoms with Crippen molar-refractivity contribution < 1.29 is 76.9 Å². The second kappa shape index (κ2) is 25.0. The van der Waals surface area contributed by atoms with Crippen LogP contribution in [0.15, 0.2) is 125 Å². The van der Waals surface area contributed by atoms with E-state index in [1.807, 2.05) is 47.8 Å². The molecule has 0 aliphatic carbocycles. The van der Waals surface area contributed by atoms with E-state index in [9.17, 15) is 44.1 Å². The Morgan fingerprint density at radius 2 is 0.836 bits per heavy atom. The summed E-state index contributed by atoms with van der Waals surface area (Å²) < 4.78 is 35.6. The summed E-state index contributed by atoms with van der Waals surface area (Å²) in [6.45, 7) is 0. The number of methoxy groups -OCH3 is 6. The molecular formula is C50H44O16S. The van der Waals surface area contributed by atoms with Crippen LogP contribution >= 0.6 is 11.3 Å². The van der Waals surface area contributed by atoms with Crippen molar-refractivity contribution >= 4 is 64.8 Å². The van der Waals surface area contributed by atoms with Crippen molar-refractivity contribution in [3.63, 3.8) is 0 Å². The largest absolute Gasteiger partial charge is 0.496 e. The number of ketones is 3. The Morgan fingerprint density at radius 3 is 1.18 bits per heavy atom. The number of ether oxygens (including phenoxy) is 6. The number of thiophene rings is 1. The predicted octanol–water partition coefficient (Wildman–Crippen LogP) is 9.55. The van der Waals surface area contributed by atoms with Crippen molar-refractivity contribution in [2.45, 2.75) is 0 Å². The van der Waals surface area contributed by atoms with Gasteiger partial charge >= 0.3 is 17.9 Å². The SMILES string of the molecule is COc1cc(OC)c(C(=O)C=Cc2ccccc2)cc1C(=O)O.COc1cc(OC)c(C(=O)C=Cc2ccco2)cc1C(=O)O.COc1cc(OC)c(C(=O)C=Cc2cccs2)cc1C(=O)O. The fourth-order valence-corrected chi connectivity index (χ4v) is 6.49. The number of carbonyl (C=O) groups excluding carboxylic acids is 3. The Labute approximate surface area is 388 Å². The van der Waals surface area contributed by atoms with Gasteiger partial charge in [-0.3, -0.25) is 14.4 Å². The monoisotopic (exact) mass is 932 g/mol. The molecule has 0 saturated heterocycles. The van der Waals surface area contributed by atoms with Gasteiger partial charge in [-0.1, -0.05) is 42.5 Å². The highest BCUT2D eigenvalue weighted by Gasteiger charge is 2.22. The maximum Gasteiger partial charge on any atom is 0.339 e. The summed E-state index contributed by atoms with van der Waals surface area (Å²) >= 11 is 1.50. The predicted molar refractivity (Wildman–Crippen MR) is 249 cm³/mol. The van der Waals surface area contributed by atoms with Gasteiger partial charge in [0.2, 0.25) is 0 Å². The van der Waals surface area contributed by atoms with Crippen LogP contribution in [0, 0.1) is 0 Å². The second-order valence-corrected chi connectivity index (χ2v) is 14.2. The van der Waals surface area contributed by atoms with Crippen molar-refractivity contribution in [1.82, 2.24) is 0 Å². The first-order valence-corrected chi connectivity index (χ1v) is 20.3. The summed E-state index contributed by atoms with van der Waals surface area (Å²) in [6.07, 6.45) is 10.4. The van der Waals surface area contributed by atoms with Crippen molar-refractivity contribution in [3.05, 3.63) is 170 Å². The molecule has 0 bridgehead atoms. The minimum Gasteiger partial charge on any atom is -0.496 e. The van der Waals surface area contributed by atoms with Crippen LogP contribution in [-0.4, -0.2) is 93.2 Å². The maximum atomic E-state index is 12.4. The first-order valence-electron chi connectivity index (χ1n) is 19.5. The van der Waals surface area contributed by atoms with Crippen LogP contribution in [-0.2, 0) is 0 Å². The van der Waals surface area contributed by atoms with Gasteiger partial charge < -0.3 is 48.2 Å². The van der Waals surface area contributed by atoms with Crippen molar-refractivity contribution in [2.75, 3.05) is 42.7 Å². The Bertz CT molecular complexity index is 2660. The Balaban J connectivity index is 0.000000219. The number of rotatable bonds is 18. The van der Waals surface area contributed by atoms with E-state index in [0.717, 1.165) is 10.4 Å². The Morgan fingerprint density at radius 1 is 0.448 bits per heavy atom. The van der Waals surface area contributed by atoms with Gasteiger partial charge in [0.15, 0.2) is 17.3 Å². The van der Waals surface area contributed by atoms with Gasteiger partial charge in [-0.15, -0.1) is 11.3 Å². The molecule has 0 saturated carbocycles. The molecule has 6 aromatic rings. The van der Waals surface area contributed by atoms with Gasteiger partial charge in [0.1, 0.15) is 56.9 Å². The molecule has 0 amide bonds. The maximum absolute atomic E-state index is 12.4. The molecule has 6 rings (SSSR count). The quantitative estimate of drug-likeness (QED) is 0.0538. The van der Waals surface area contributed by atoms with Gasteiger partial charge in [-0.25, -0.2) is 14.4 Å². The van der Waals surface area contributed by atoms with E-state index in [0.29, 0.717) is 5.76 Å². The van der Waals surface area contributed by atoms with Gasteiger partial charge in [0, 0.05) is 23.1 Å². The van der Waals surface area contributed by atoms with Crippen LogP contribution in [0.5, 0.6) is 34.5 Å². The minimum absolute atomic E-state index is 0.0869. The van der Waals surface area contributed by atoms with Crippen molar-refractivity contribution in [2.24, 2.45) is 0 Å². The van der Waals surface area contributed by atoms with Crippen LogP contribution in [0.2, 0.25) is 0 Å². The van der Waals surface area contributed by atoms with Gasteiger partial charge in [-0.05, 0) is 77.7 Å². The summed E-state index contributed by atoms with van der Waals surface area (Å²) in [5.41, 5.74) is 1.04. The number of furan rings is 1. The van der Waals surface area contributed by atoms with E-state index in [2.05, 4.69) is 0 Å². The molecule has 0 aliphatic heterocycles. The van der Waals surface area contributed by atoms with Gasteiger partial charge in [0.25, 0.3) is 0 Å². The summed E-state index contributed by atoms with van der Waals surface area (Å²) in [5.74, 6) is -2.96. The highest BCUT2D eigenvalue weighted by atomic mass is 32.1. The number of aromatic carboxylic acids is 3. The molecule has 2 aromatic heterocycles. The van der Waals surface area contributed by atoms with E-state index in [1.54, 1.807) is 24.3 Å². The molecule has 0 unspecified atom stereocenters. The number of carboxylic acid groups (broad SMARTS) is 3. The first kappa shape index (κ1) is 50.9. The summed E-state index contributed by atoms with van der Waals surface area (Å²) in [6, 6.07) is 24.4. The first-order chi connectivity index (χ1) is 32.2. The molecule has 2 heterocycles. The Hall–Kier alpha value is -8.70. The van der Waals surface area contributed by atoms with Crippen molar-refractivity contribution in [1.29, 1.82) is 0 Å². The molecule has 17 heteroatoms. The highest BCUT2D eigenvalue weighted by Crippen LogP contribution is 2.32. The van der Waals surface area contributed by atoms with E-state index in [1.165, 1.54) is 121 Å². The lowest BCUT2D eigenvalue weighted by Crippen LogP contribution is -2.06. The molecule has 3 N–H and O–H groups in total. The molecule has 0 aliphatic rings. The number of allylic oxidation sites excluding steroid dienone is 3. The summed E-state index contributed by atoms with van der Waals surface area (Å²) in [4.78, 5) is 71.6. The van der Waals surface area contributed by atoms with E-state index < -0.39 is 23.7 Å². The third kappa shape index (κ3) is 13.9. The van der Waals surface area contributed by atoms with Crippen LogP contribution < -0.4 is 28.4 Å². The van der Waals surface area contributed by atoms with E-state index >= 15 is 0 Å². The molecule has 67 heavy (non-hydrogen) atoms. The molecule has 4 aromatic carbocycles. The smallest absolute Gasteiger partial charge is 0.339 e. The fourth-order valence-electron chi connectivity index (χ4n) is 5.87. The van der Waals surface area contributed by atoms with Crippen LogP contribution in [0.1, 0.15) is 78.3 Å². The van der Waals surface area contributed by atoms with Gasteiger partial charge in [-0.2, -0.15) is 0 Å². The molecule has 0 radical (unpaired) electrons.